The van der Waals surface area contributed by atoms with Gasteiger partial charge >= 0.3 is 0 Å². The van der Waals surface area contributed by atoms with E-state index in [4.69, 9.17) is 11.6 Å². The average Bonchev–Trinajstić information content (AvgIpc) is 2.55. The van der Waals surface area contributed by atoms with Gasteiger partial charge in [-0.1, -0.05) is 11.6 Å². The highest BCUT2D eigenvalue weighted by molar-refractivity contribution is 7.90. The second-order valence-electron chi connectivity index (χ2n) is 6.57. The number of likely N-dealkylation sites (tertiary alicyclic amines) is 1. The largest absolute Gasteiger partial charge is 0.324 e. The van der Waals surface area contributed by atoms with Crippen LogP contribution in [-0.4, -0.2) is 58.7 Å². The molecule has 2 N–H and O–H groups in total. The predicted octanol–water partition coefficient (Wildman–Crippen LogP) is 2.00. The molecule has 2 rings (SSSR count). The molecule has 140 valence electrons. The number of anilines is 1. The standard InChI is InChI=1S/C17H26ClN3O3S/c1-19-8-5-13-6-9-21(10-7-13)12-17(22)20-16-11-14(25(2,23)24)3-4-15(16)18/h3-4,11,13,19H,5-10,12H2,1-2H3,(H,20,22). The van der Waals surface area contributed by atoms with Crippen molar-refractivity contribution in [2.24, 2.45) is 5.92 Å². The van der Waals surface area contributed by atoms with Crippen molar-refractivity contribution in [2.45, 2.75) is 24.2 Å². The fraction of sp³-hybridized carbons (Fsp3) is 0.588. The molecule has 0 atom stereocenters. The van der Waals surface area contributed by atoms with Crippen molar-refractivity contribution < 1.29 is 13.2 Å². The summed E-state index contributed by atoms with van der Waals surface area (Å²) in [6.45, 7) is 3.12. The summed E-state index contributed by atoms with van der Waals surface area (Å²) in [6, 6.07) is 4.32. The number of carbonyl (C=O) groups excluding carboxylic acids is 1. The maximum atomic E-state index is 12.3. The van der Waals surface area contributed by atoms with Gasteiger partial charge in [0.15, 0.2) is 9.84 Å². The number of hydrogen-bond donors (Lipinski definition) is 2. The monoisotopic (exact) mass is 387 g/mol. The van der Waals surface area contributed by atoms with Crippen molar-refractivity contribution in [3.05, 3.63) is 23.2 Å². The number of nitrogens with zero attached hydrogens (tertiary/aromatic N) is 1. The zero-order chi connectivity index (χ0) is 18.4. The summed E-state index contributed by atoms with van der Waals surface area (Å²) in [6.07, 6.45) is 4.49. The molecular weight excluding hydrogens is 362 g/mol. The first-order chi connectivity index (χ1) is 11.8. The Hall–Kier alpha value is -1.15. The number of sulfone groups is 1. The third kappa shape index (κ3) is 6.26. The number of hydrogen-bond acceptors (Lipinski definition) is 5. The summed E-state index contributed by atoms with van der Waals surface area (Å²) in [5, 5.41) is 6.23. The van der Waals surface area contributed by atoms with Gasteiger partial charge in [0.05, 0.1) is 22.2 Å². The SMILES string of the molecule is CNCCC1CCN(CC(=O)Nc2cc(S(C)(=O)=O)ccc2Cl)CC1. The molecule has 1 aliphatic rings. The lowest BCUT2D eigenvalue weighted by Gasteiger charge is -2.31. The number of amides is 1. The quantitative estimate of drug-likeness (QED) is 0.748. The van der Waals surface area contributed by atoms with Gasteiger partial charge in [-0.15, -0.1) is 0 Å². The second kappa shape index (κ2) is 8.98. The number of benzene rings is 1. The van der Waals surface area contributed by atoms with E-state index in [0.717, 1.165) is 38.7 Å². The van der Waals surface area contributed by atoms with E-state index in [1.165, 1.54) is 24.6 Å². The molecule has 25 heavy (non-hydrogen) atoms. The summed E-state index contributed by atoms with van der Waals surface area (Å²) < 4.78 is 23.3. The van der Waals surface area contributed by atoms with Crippen LogP contribution >= 0.6 is 11.6 Å². The summed E-state index contributed by atoms with van der Waals surface area (Å²) in [4.78, 5) is 14.5. The zero-order valence-corrected chi connectivity index (χ0v) is 16.3. The van der Waals surface area contributed by atoms with Crippen molar-refractivity contribution in [3.63, 3.8) is 0 Å². The Morgan fingerprint density at radius 2 is 2.00 bits per heavy atom. The van der Waals surface area contributed by atoms with E-state index in [0.29, 0.717) is 16.6 Å². The minimum absolute atomic E-state index is 0.137. The minimum atomic E-state index is -3.34. The summed E-state index contributed by atoms with van der Waals surface area (Å²) in [5.41, 5.74) is 0.332. The summed E-state index contributed by atoms with van der Waals surface area (Å²) in [7, 11) is -1.38. The van der Waals surface area contributed by atoms with Gasteiger partial charge in [0, 0.05) is 6.26 Å². The van der Waals surface area contributed by atoms with Crippen LogP contribution in [0.1, 0.15) is 19.3 Å². The number of halogens is 1. The lowest BCUT2D eigenvalue weighted by atomic mass is 9.93. The molecule has 1 aromatic rings. The van der Waals surface area contributed by atoms with Crippen LogP contribution in [0.4, 0.5) is 5.69 Å². The molecule has 0 aliphatic carbocycles. The highest BCUT2D eigenvalue weighted by Crippen LogP contribution is 2.25. The van der Waals surface area contributed by atoms with Gasteiger partial charge in [-0.25, -0.2) is 8.42 Å². The van der Waals surface area contributed by atoms with Gasteiger partial charge in [-0.3, -0.25) is 9.69 Å². The fourth-order valence-corrected chi connectivity index (χ4v) is 3.82. The summed E-state index contributed by atoms with van der Waals surface area (Å²) >= 11 is 6.07. The molecule has 6 nitrogen and oxygen atoms in total. The van der Waals surface area contributed by atoms with Gasteiger partial charge in [0.25, 0.3) is 0 Å². The Labute approximate surface area is 154 Å². The molecule has 0 aromatic heterocycles. The maximum Gasteiger partial charge on any atom is 0.238 e. The Bertz CT molecular complexity index is 701. The molecule has 1 saturated heterocycles. The Balaban J connectivity index is 1.89. The van der Waals surface area contributed by atoms with Crippen molar-refractivity contribution in [1.29, 1.82) is 0 Å². The van der Waals surface area contributed by atoms with E-state index in [-0.39, 0.29) is 17.3 Å². The van der Waals surface area contributed by atoms with Gasteiger partial charge in [0.2, 0.25) is 5.91 Å². The smallest absolute Gasteiger partial charge is 0.238 e. The molecule has 1 fully saturated rings. The number of nitrogens with one attached hydrogen (secondary N) is 2. The van der Waals surface area contributed by atoms with Crippen LogP contribution in [0.15, 0.2) is 23.1 Å². The predicted molar refractivity (Wildman–Crippen MR) is 101 cm³/mol. The molecule has 1 aliphatic heterocycles. The van der Waals surface area contributed by atoms with Crippen molar-refractivity contribution >= 4 is 33.0 Å². The third-order valence-corrected chi connectivity index (χ3v) is 5.96. The van der Waals surface area contributed by atoms with Crippen LogP contribution in [0.25, 0.3) is 0 Å². The van der Waals surface area contributed by atoms with Crippen molar-refractivity contribution in [1.82, 2.24) is 10.2 Å². The Morgan fingerprint density at radius 1 is 1.32 bits per heavy atom. The van der Waals surface area contributed by atoms with Crippen LogP contribution in [0.2, 0.25) is 5.02 Å². The van der Waals surface area contributed by atoms with Gasteiger partial charge in [0.1, 0.15) is 0 Å². The van der Waals surface area contributed by atoms with Crippen LogP contribution in [0, 0.1) is 5.92 Å². The summed E-state index contributed by atoms with van der Waals surface area (Å²) in [5.74, 6) is 0.536. The molecule has 0 saturated carbocycles. The second-order valence-corrected chi connectivity index (χ2v) is 9.00. The third-order valence-electron chi connectivity index (χ3n) is 4.52. The van der Waals surface area contributed by atoms with E-state index in [1.54, 1.807) is 0 Å². The highest BCUT2D eigenvalue weighted by Gasteiger charge is 2.21. The minimum Gasteiger partial charge on any atom is -0.324 e. The zero-order valence-electron chi connectivity index (χ0n) is 14.7. The molecule has 0 unspecified atom stereocenters. The van der Waals surface area contributed by atoms with Crippen LogP contribution in [-0.2, 0) is 14.6 Å². The van der Waals surface area contributed by atoms with E-state index >= 15 is 0 Å². The van der Waals surface area contributed by atoms with Gasteiger partial charge in [-0.05, 0) is 70.1 Å². The lowest BCUT2D eigenvalue weighted by molar-refractivity contribution is -0.117. The number of carbonyl (C=O) groups is 1. The molecular formula is C17H26ClN3O3S. The maximum absolute atomic E-state index is 12.3. The lowest BCUT2D eigenvalue weighted by Crippen LogP contribution is -2.39. The van der Waals surface area contributed by atoms with Crippen molar-refractivity contribution in [2.75, 3.05) is 44.8 Å². The number of piperidine rings is 1. The Kier molecular flexibility index (Phi) is 7.25. The Morgan fingerprint density at radius 3 is 2.60 bits per heavy atom. The fourth-order valence-electron chi connectivity index (χ4n) is 3.01. The molecule has 1 heterocycles. The van der Waals surface area contributed by atoms with Crippen LogP contribution in [0.5, 0.6) is 0 Å². The van der Waals surface area contributed by atoms with Crippen LogP contribution < -0.4 is 10.6 Å². The highest BCUT2D eigenvalue weighted by atomic mass is 35.5. The molecule has 0 spiro atoms. The number of rotatable bonds is 7. The first kappa shape index (κ1) is 20.2. The molecule has 8 heteroatoms. The van der Waals surface area contributed by atoms with E-state index in [2.05, 4.69) is 15.5 Å². The molecule has 1 amide bonds. The topological polar surface area (TPSA) is 78.5 Å². The average molecular weight is 388 g/mol. The first-order valence-corrected chi connectivity index (χ1v) is 10.7. The van der Waals surface area contributed by atoms with Crippen molar-refractivity contribution in [3.8, 4) is 0 Å². The van der Waals surface area contributed by atoms with Gasteiger partial charge < -0.3 is 10.6 Å². The van der Waals surface area contributed by atoms with E-state index < -0.39 is 9.84 Å². The molecule has 1 aromatic carbocycles. The molecule has 0 radical (unpaired) electrons. The normalized spacial score (nSPS) is 16.8. The molecule has 0 bridgehead atoms. The first-order valence-electron chi connectivity index (χ1n) is 8.46. The van der Waals surface area contributed by atoms with E-state index in [1.807, 2.05) is 7.05 Å². The van der Waals surface area contributed by atoms with E-state index in [9.17, 15) is 13.2 Å². The van der Waals surface area contributed by atoms with Gasteiger partial charge in [-0.2, -0.15) is 0 Å². The van der Waals surface area contributed by atoms with Crippen LogP contribution in [0.3, 0.4) is 0 Å².